The van der Waals surface area contributed by atoms with Crippen molar-refractivity contribution in [3.05, 3.63) is 50.4 Å². The molecule has 23 heavy (non-hydrogen) atoms. The standard InChI is InChI=1S/C16H10ClFN2OS2/c1-2-10-5-8(7-19)16(22-10)20-15(21)14-13(17)11-4-3-9(18)6-12(11)23-14/h3-6H,2H2,1H3,(H,20,21). The van der Waals surface area contributed by atoms with Crippen molar-refractivity contribution in [2.45, 2.75) is 13.3 Å². The summed E-state index contributed by atoms with van der Waals surface area (Å²) in [5, 5.41) is 13.3. The van der Waals surface area contributed by atoms with E-state index in [4.69, 9.17) is 16.9 Å². The molecule has 0 fully saturated rings. The van der Waals surface area contributed by atoms with Crippen LogP contribution in [0.1, 0.15) is 27.0 Å². The van der Waals surface area contributed by atoms with E-state index in [1.54, 1.807) is 12.1 Å². The number of rotatable bonds is 3. The molecule has 0 aliphatic heterocycles. The number of nitrogens with one attached hydrogen (secondary N) is 1. The van der Waals surface area contributed by atoms with Crippen molar-refractivity contribution in [3.63, 3.8) is 0 Å². The molecule has 1 aromatic carbocycles. The van der Waals surface area contributed by atoms with Crippen LogP contribution in [0.5, 0.6) is 0 Å². The summed E-state index contributed by atoms with van der Waals surface area (Å²) < 4.78 is 13.9. The first-order valence-corrected chi connectivity index (χ1v) is 8.76. The third-order valence-electron chi connectivity index (χ3n) is 3.28. The second kappa shape index (κ2) is 6.28. The van der Waals surface area contributed by atoms with Crippen molar-refractivity contribution in [2.24, 2.45) is 0 Å². The summed E-state index contributed by atoms with van der Waals surface area (Å²) in [7, 11) is 0. The summed E-state index contributed by atoms with van der Waals surface area (Å²) in [5.74, 6) is -0.766. The lowest BCUT2D eigenvalue weighted by Gasteiger charge is -2.01. The number of thiophene rings is 2. The van der Waals surface area contributed by atoms with E-state index in [0.29, 0.717) is 30.6 Å². The molecule has 3 rings (SSSR count). The number of hydrogen-bond acceptors (Lipinski definition) is 4. The second-order valence-corrected chi connectivity index (χ2v) is 7.33. The van der Waals surface area contributed by atoms with E-state index in [1.165, 1.54) is 23.5 Å². The first-order chi connectivity index (χ1) is 11.0. The van der Waals surface area contributed by atoms with Gasteiger partial charge < -0.3 is 5.32 Å². The molecule has 0 aliphatic carbocycles. The Morgan fingerprint density at radius 3 is 2.87 bits per heavy atom. The van der Waals surface area contributed by atoms with Gasteiger partial charge in [0.15, 0.2) is 0 Å². The third kappa shape index (κ3) is 2.95. The highest BCUT2D eigenvalue weighted by atomic mass is 35.5. The number of nitriles is 1. The van der Waals surface area contributed by atoms with Crippen LogP contribution in [-0.4, -0.2) is 5.91 Å². The lowest BCUT2D eigenvalue weighted by atomic mass is 10.2. The Bertz CT molecular complexity index is 955. The molecule has 7 heteroatoms. The highest BCUT2D eigenvalue weighted by molar-refractivity contribution is 7.22. The Labute approximate surface area is 144 Å². The molecule has 2 aromatic heterocycles. The van der Waals surface area contributed by atoms with Gasteiger partial charge in [0.05, 0.1) is 10.6 Å². The minimum absolute atomic E-state index is 0.299. The Hall–Kier alpha value is -1.94. The number of hydrogen-bond donors (Lipinski definition) is 1. The van der Waals surface area contributed by atoms with Crippen LogP contribution in [0.2, 0.25) is 5.02 Å². The van der Waals surface area contributed by atoms with Crippen LogP contribution in [0.25, 0.3) is 10.1 Å². The molecular formula is C16H10ClFN2OS2. The average Bonchev–Trinajstić information content (AvgIpc) is 3.08. The molecule has 3 nitrogen and oxygen atoms in total. The predicted molar refractivity (Wildman–Crippen MR) is 93.2 cm³/mol. The van der Waals surface area contributed by atoms with Gasteiger partial charge in [0, 0.05) is 15.0 Å². The molecule has 0 spiro atoms. The van der Waals surface area contributed by atoms with Crippen molar-refractivity contribution in [2.75, 3.05) is 5.32 Å². The zero-order valence-electron chi connectivity index (χ0n) is 11.9. The van der Waals surface area contributed by atoms with E-state index in [9.17, 15) is 9.18 Å². The van der Waals surface area contributed by atoms with E-state index in [1.807, 2.05) is 6.92 Å². The van der Waals surface area contributed by atoms with Gasteiger partial charge in [-0.25, -0.2) is 4.39 Å². The van der Waals surface area contributed by atoms with Gasteiger partial charge in [-0.2, -0.15) is 5.26 Å². The van der Waals surface area contributed by atoms with Crippen molar-refractivity contribution >= 4 is 55.3 Å². The predicted octanol–water partition coefficient (Wildman–Crippen LogP) is 5.44. The number of aryl methyl sites for hydroxylation is 1. The fraction of sp³-hybridized carbons (Fsp3) is 0.125. The number of carbonyl (C=O) groups excluding carboxylic acids is 1. The minimum Gasteiger partial charge on any atom is -0.312 e. The molecule has 1 N–H and O–H groups in total. The van der Waals surface area contributed by atoms with Crippen molar-refractivity contribution in [3.8, 4) is 6.07 Å². The van der Waals surface area contributed by atoms with Gasteiger partial charge in [-0.1, -0.05) is 18.5 Å². The van der Waals surface area contributed by atoms with E-state index in [2.05, 4.69) is 11.4 Å². The van der Waals surface area contributed by atoms with E-state index >= 15 is 0 Å². The molecule has 2 heterocycles. The summed E-state index contributed by atoms with van der Waals surface area (Å²) >= 11 is 8.74. The van der Waals surface area contributed by atoms with Gasteiger partial charge >= 0.3 is 0 Å². The summed E-state index contributed by atoms with van der Waals surface area (Å²) in [6.45, 7) is 1.98. The van der Waals surface area contributed by atoms with Crippen molar-refractivity contribution in [1.82, 2.24) is 0 Å². The molecule has 0 bridgehead atoms. The molecule has 0 saturated heterocycles. The SMILES string of the molecule is CCc1cc(C#N)c(NC(=O)c2sc3cc(F)ccc3c2Cl)s1. The van der Waals surface area contributed by atoms with E-state index in [0.717, 1.165) is 22.6 Å². The summed E-state index contributed by atoms with van der Waals surface area (Å²) in [4.78, 5) is 13.8. The average molecular weight is 365 g/mol. The van der Waals surface area contributed by atoms with Crippen LogP contribution in [-0.2, 0) is 6.42 Å². The molecule has 0 aliphatic rings. The lowest BCUT2D eigenvalue weighted by molar-refractivity contribution is 0.103. The number of benzene rings is 1. The van der Waals surface area contributed by atoms with Crippen LogP contribution < -0.4 is 5.32 Å². The molecular weight excluding hydrogens is 355 g/mol. The number of nitrogens with zero attached hydrogens (tertiary/aromatic N) is 1. The molecule has 0 radical (unpaired) electrons. The van der Waals surface area contributed by atoms with Crippen molar-refractivity contribution < 1.29 is 9.18 Å². The van der Waals surface area contributed by atoms with Gasteiger partial charge in [-0.05, 0) is 30.7 Å². The summed E-state index contributed by atoms with van der Waals surface area (Å²) in [6, 6.07) is 8.05. The Morgan fingerprint density at radius 1 is 1.39 bits per heavy atom. The highest BCUT2D eigenvalue weighted by Gasteiger charge is 2.19. The van der Waals surface area contributed by atoms with Gasteiger partial charge in [0.25, 0.3) is 5.91 Å². The fourth-order valence-electron chi connectivity index (χ4n) is 2.14. The normalized spacial score (nSPS) is 10.7. The van der Waals surface area contributed by atoms with E-state index < -0.39 is 5.91 Å². The van der Waals surface area contributed by atoms with Crippen LogP contribution in [0.15, 0.2) is 24.3 Å². The van der Waals surface area contributed by atoms with Gasteiger partial charge in [-0.15, -0.1) is 22.7 Å². The molecule has 1 amide bonds. The lowest BCUT2D eigenvalue weighted by Crippen LogP contribution is -2.10. The monoisotopic (exact) mass is 364 g/mol. The van der Waals surface area contributed by atoms with Gasteiger partial charge in [0.2, 0.25) is 0 Å². The van der Waals surface area contributed by atoms with E-state index in [-0.39, 0.29) is 5.82 Å². The number of anilines is 1. The molecule has 3 aromatic rings. The molecule has 0 saturated carbocycles. The number of carbonyl (C=O) groups is 1. The highest BCUT2D eigenvalue weighted by Crippen LogP contribution is 2.37. The minimum atomic E-state index is -0.391. The topological polar surface area (TPSA) is 52.9 Å². The fourth-order valence-corrected chi connectivity index (χ4v) is 4.52. The maximum Gasteiger partial charge on any atom is 0.267 e. The molecule has 0 unspecified atom stereocenters. The van der Waals surface area contributed by atoms with Crippen LogP contribution >= 0.6 is 34.3 Å². The number of halogens is 2. The first kappa shape index (κ1) is 15.9. The Morgan fingerprint density at radius 2 is 2.17 bits per heavy atom. The zero-order chi connectivity index (χ0) is 16.6. The molecule has 116 valence electrons. The van der Waals surface area contributed by atoms with Crippen LogP contribution in [0.4, 0.5) is 9.39 Å². The number of amides is 1. The Balaban J connectivity index is 1.97. The first-order valence-electron chi connectivity index (χ1n) is 6.75. The largest absolute Gasteiger partial charge is 0.312 e. The van der Waals surface area contributed by atoms with Gasteiger partial charge in [0.1, 0.15) is 21.8 Å². The number of fused-ring (bicyclic) bond motifs is 1. The quantitative estimate of drug-likeness (QED) is 0.672. The smallest absolute Gasteiger partial charge is 0.267 e. The van der Waals surface area contributed by atoms with Crippen LogP contribution in [0, 0.1) is 17.1 Å². The van der Waals surface area contributed by atoms with Gasteiger partial charge in [-0.3, -0.25) is 4.79 Å². The Kier molecular flexibility index (Phi) is 4.35. The summed E-state index contributed by atoms with van der Waals surface area (Å²) in [6.07, 6.45) is 0.790. The second-order valence-electron chi connectivity index (χ2n) is 4.76. The van der Waals surface area contributed by atoms with Crippen molar-refractivity contribution in [1.29, 1.82) is 5.26 Å². The third-order valence-corrected chi connectivity index (χ3v) is 6.13. The maximum atomic E-state index is 13.3. The zero-order valence-corrected chi connectivity index (χ0v) is 14.3. The molecule has 0 atom stereocenters. The maximum absolute atomic E-state index is 13.3. The summed E-state index contributed by atoms with van der Waals surface area (Å²) in [5.41, 5.74) is 0.434. The van der Waals surface area contributed by atoms with Crippen LogP contribution in [0.3, 0.4) is 0 Å².